The van der Waals surface area contributed by atoms with Crippen LogP contribution in [-0.2, 0) is 13.0 Å². The minimum Gasteiger partial charge on any atom is -1.00 e. The summed E-state index contributed by atoms with van der Waals surface area (Å²) in [6.45, 7) is 1.40. The van der Waals surface area contributed by atoms with E-state index in [1.807, 2.05) is 36.4 Å². The molecule has 0 amide bonds. The Labute approximate surface area is 164 Å². The van der Waals surface area contributed by atoms with Gasteiger partial charge in [0, 0.05) is 5.56 Å². The second-order valence-electron chi connectivity index (χ2n) is 5.89. The third-order valence-electron chi connectivity index (χ3n) is 4.12. The number of rotatable bonds is 8. The first-order valence-corrected chi connectivity index (χ1v) is 8.42. The summed E-state index contributed by atoms with van der Waals surface area (Å²) in [6.07, 6.45) is 0.859. The maximum atomic E-state index is 11.1. The van der Waals surface area contributed by atoms with Gasteiger partial charge in [-0.2, -0.15) is 0 Å². The van der Waals surface area contributed by atoms with Crippen LogP contribution in [0.5, 0.6) is 5.75 Å². The second-order valence-corrected chi connectivity index (χ2v) is 5.89. The molecule has 1 aromatic heterocycles. The molecule has 3 aromatic rings. The first kappa shape index (κ1) is 20.6. The van der Waals surface area contributed by atoms with E-state index in [0.717, 1.165) is 35.6 Å². The molecular weight excluding hydrogens is 366 g/mol. The van der Waals surface area contributed by atoms with Gasteiger partial charge in [-0.25, -0.2) is 4.79 Å². The van der Waals surface area contributed by atoms with Gasteiger partial charge >= 0.3 is 5.97 Å². The number of methoxy groups -OCH3 is 1. The largest absolute Gasteiger partial charge is 1.00 e. The van der Waals surface area contributed by atoms with Crippen LogP contribution in [0.15, 0.2) is 65.1 Å². The predicted octanol–water partition coefficient (Wildman–Crippen LogP) is 0.990. The highest BCUT2D eigenvalue weighted by atomic mass is 35.5. The van der Waals surface area contributed by atoms with Crippen molar-refractivity contribution in [1.29, 1.82) is 0 Å². The zero-order valence-electron chi connectivity index (χ0n) is 14.9. The molecule has 6 heteroatoms. The summed E-state index contributed by atoms with van der Waals surface area (Å²) in [6, 6.07) is 18.5. The number of carbonyl (C=O) groups is 1. The summed E-state index contributed by atoms with van der Waals surface area (Å²) in [4.78, 5) is 11.1. The molecule has 5 nitrogen and oxygen atoms in total. The van der Waals surface area contributed by atoms with Crippen LogP contribution in [0.2, 0.25) is 0 Å². The minimum absolute atomic E-state index is 0. The lowest BCUT2D eigenvalue weighted by molar-refractivity contribution is -0.0000215. The number of furan rings is 1. The molecule has 0 bridgehead atoms. The number of para-hydroxylation sites is 1. The van der Waals surface area contributed by atoms with Crippen LogP contribution in [0.25, 0.3) is 11.3 Å². The summed E-state index contributed by atoms with van der Waals surface area (Å²) >= 11 is 0. The maximum Gasteiger partial charge on any atom is 0.335 e. The Kier molecular flexibility index (Phi) is 7.46. The van der Waals surface area contributed by atoms with Crippen LogP contribution in [0.4, 0.5) is 0 Å². The van der Waals surface area contributed by atoms with E-state index in [2.05, 4.69) is 11.4 Å². The highest BCUT2D eigenvalue weighted by Gasteiger charge is 2.08. The van der Waals surface area contributed by atoms with E-state index in [1.165, 1.54) is 0 Å². The fourth-order valence-corrected chi connectivity index (χ4v) is 2.78. The molecule has 0 unspecified atom stereocenters. The van der Waals surface area contributed by atoms with Crippen molar-refractivity contribution < 1.29 is 31.5 Å². The third-order valence-corrected chi connectivity index (χ3v) is 4.12. The summed E-state index contributed by atoms with van der Waals surface area (Å²) in [5.41, 5.74) is 2.16. The molecule has 0 fully saturated rings. The highest BCUT2D eigenvalue weighted by Crippen LogP contribution is 2.23. The number of benzene rings is 2. The van der Waals surface area contributed by atoms with Crippen LogP contribution >= 0.6 is 0 Å². The average Bonchev–Trinajstić information content (AvgIpc) is 3.14. The van der Waals surface area contributed by atoms with Crippen LogP contribution in [0.3, 0.4) is 0 Å². The van der Waals surface area contributed by atoms with Crippen molar-refractivity contribution in [3.05, 3.63) is 77.6 Å². The van der Waals surface area contributed by atoms with E-state index < -0.39 is 5.97 Å². The minimum atomic E-state index is -0.948. The SMILES string of the molecule is COc1ccccc1CCNCc1ccc(-c2cccc(C(=O)O)c2)o1.[Cl-]. The Morgan fingerprint density at radius 1 is 1.11 bits per heavy atom. The first-order valence-electron chi connectivity index (χ1n) is 8.42. The van der Waals surface area contributed by atoms with Gasteiger partial charge in [0.1, 0.15) is 17.3 Å². The van der Waals surface area contributed by atoms with E-state index in [9.17, 15) is 4.79 Å². The smallest absolute Gasteiger partial charge is 0.335 e. The number of aromatic carboxylic acids is 1. The topological polar surface area (TPSA) is 71.7 Å². The molecule has 3 rings (SSSR count). The number of hydrogen-bond donors (Lipinski definition) is 2. The average molecular weight is 387 g/mol. The Balaban J connectivity index is 0.00000261. The summed E-state index contributed by atoms with van der Waals surface area (Å²) < 4.78 is 11.2. The molecule has 1 heterocycles. The Morgan fingerprint density at radius 2 is 1.93 bits per heavy atom. The first-order chi connectivity index (χ1) is 12.7. The number of carboxylic acid groups (broad SMARTS) is 1. The Morgan fingerprint density at radius 3 is 2.70 bits per heavy atom. The maximum absolute atomic E-state index is 11.1. The molecular formula is C21H21ClNO4-. The fraction of sp³-hybridized carbons (Fsp3) is 0.190. The zero-order chi connectivity index (χ0) is 18.4. The molecule has 2 N–H and O–H groups in total. The number of ether oxygens (including phenoxy) is 1. The molecule has 0 saturated heterocycles. The van der Waals surface area contributed by atoms with Crippen LogP contribution in [-0.4, -0.2) is 24.7 Å². The van der Waals surface area contributed by atoms with Gasteiger partial charge in [0.15, 0.2) is 0 Å². The van der Waals surface area contributed by atoms with Gasteiger partial charge in [-0.1, -0.05) is 30.3 Å². The van der Waals surface area contributed by atoms with Crippen molar-refractivity contribution >= 4 is 5.97 Å². The van der Waals surface area contributed by atoms with Crippen molar-refractivity contribution in [2.75, 3.05) is 13.7 Å². The molecule has 27 heavy (non-hydrogen) atoms. The molecule has 0 radical (unpaired) electrons. The lowest BCUT2D eigenvalue weighted by Gasteiger charge is -2.08. The monoisotopic (exact) mass is 386 g/mol. The van der Waals surface area contributed by atoms with Crippen molar-refractivity contribution in [2.45, 2.75) is 13.0 Å². The van der Waals surface area contributed by atoms with Crippen LogP contribution < -0.4 is 22.5 Å². The van der Waals surface area contributed by atoms with Gasteiger partial charge in [-0.3, -0.25) is 0 Å². The van der Waals surface area contributed by atoms with E-state index in [1.54, 1.807) is 25.3 Å². The van der Waals surface area contributed by atoms with Gasteiger partial charge in [-0.05, 0) is 48.9 Å². The van der Waals surface area contributed by atoms with Gasteiger partial charge in [-0.15, -0.1) is 0 Å². The fourth-order valence-electron chi connectivity index (χ4n) is 2.78. The molecule has 2 aromatic carbocycles. The van der Waals surface area contributed by atoms with E-state index >= 15 is 0 Å². The molecule has 0 aliphatic heterocycles. The van der Waals surface area contributed by atoms with Crippen LogP contribution in [0, 0.1) is 0 Å². The van der Waals surface area contributed by atoms with Crippen LogP contribution in [0.1, 0.15) is 21.7 Å². The lowest BCUT2D eigenvalue weighted by Crippen LogP contribution is -3.00. The predicted molar refractivity (Wildman–Crippen MR) is 99.5 cm³/mol. The quantitative estimate of drug-likeness (QED) is 0.565. The molecule has 0 aliphatic rings. The normalized spacial score (nSPS) is 10.3. The molecule has 0 atom stereocenters. The number of halogens is 1. The van der Waals surface area contributed by atoms with Gasteiger partial charge in [0.25, 0.3) is 0 Å². The lowest BCUT2D eigenvalue weighted by atomic mass is 10.1. The highest BCUT2D eigenvalue weighted by molar-refractivity contribution is 5.89. The number of nitrogens with one attached hydrogen (secondary N) is 1. The summed E-state index contributed by atoms with van der Waals surface area (Å²) in [5.74, 6) is 1.42. The van der Waals surface area contributed by atoms with Gasteiger partial charge < -0.3 is 32.0 Å². The Hall–Kier alpha value is -2.76. The van der Waals surface area contributed by atoms with E-state index in [0.29, 0.717) is 12.3 Å². The standard InChI is InChI=1S/C21H21NO4.ClH/c1-25-19-8-3-2-5-15(19)11-12-22-14-18-9-10-20(26-18)16-6-4-7-17(13-16)21(23)24;/h2-10,13,22H,11-12,14H2,1H3,(H,23,24);1H/p-1. The zero-order valence-corrected chi connectivity index (χ0v) is 15.7. The second kappa shape index (κ2) is 9.80. The molecule has 0 saturated carbocycles. The van der Waals surface area contributed by atoms with Gasteiger partial charge in [0.05, 0.1) is 19.2 Å². The number of carboxylic acids is 1. The molecule has 0 spiro atoms. The van der Waals surface area contributed by atoms with Crippen molar-refractivity contribution in [2.24, 2.45) is 0 Å². The van der Waals surface area contributed by atoms with Crippen molar-refractivity contribution in [3.8, 4) is 17.1 Å². The van der Waals surface area contributed by atoms with Crippen molar-refractivity contribution in [1.82, 2.24) is 5.32 Å². The molecule has 0 aliphatic carbocycles. The summed E-state index contributed by atoms with van der Waals surface area (Å²) in [7, 11) is 1.68. The summed E-state index contributed by atoms with van der Waals surface area (Å²) in [5, 5.41) is 12.4. The Bertz CT molecular complexity index is 891. The number of hydrogen-bond acceptors (Lipinski definition) is 4. The third kappa shape index (κ3) is 5.36. The van der Waals surface area contributed by atoms with E-state index in [-0.39, 0.29) is 18.0 Å². The van der Waals surface area contributed by atoms with Gasteiger partial charge in [0.2, 0.25) is 0 Å². The van der Waals surface area contributed by atoms with E-state index in [4.69, 9.17) is 14.3 Å². The molecule has 142 valence electrons. The van der Waals surface area contributed by atoms with Crippen molar-refractivity contribution in [3.63, 3.8) is 0 Å².